The van der Waals surface area contributed by atoms with E-state index in [0.717, 1.165) is 19.4 Å². The molecule has 1 saturated heterocycles. The Bertz CT molecular complexity index is 417. The maximum Gasteiger partial charge on any atom is 0.319 e. The van der Waals surface area contributed by atoms with Gasteiger partial charge in [0.2, 0.25) is 0 Å². The highest BCUT2D eigenvalue weighted by molar-refractivity contribution is 5.83. The largest absolute Gasteiger partial charge is 0.468 e. The lowest BCUT2D eigenvalue weighted by molar-refractivity contribution is -0.150. The normalized spacial score (nSPS) is 25.8. The summed E-state index contributed by atoms with van der Waals surface area (Å²) in [6.45, 7) is 1.64. The minimum Gasteiger partial charge on any atom is -0.468 e. The number of rotatable bonds is 2. The van der Waals surface area contributed by atoms with Gasteiger partial charge in [-0.05, 0) is 26.4 Å². The number of aromatic nitrogens is 3. The summed E-state index contributed by atoms with van der Waals surface area (Å²) in [5.41, 5.74) is 0.0501. The quantitative estimate of drug-likeness (QED) is 0.676. The molecule has 1 unspecified atom stereocenters. The van der Waals surface area contributed by atoms with Crippen molar-refractivity contribution in [2.24, 2.45) is 7.05 Å². The predicted molar refractivity (Wildman–Crippen MR) is 61.4 cm³/mol. The van der Waals surface area contributed by atoms with Gasteiger partial charge in [0, 0.05) is 19.8 Å². The van der Waals surface area contributed by atoms with E-state index in [0.29, 0.717) is 12.2 Å². The van der Waals surface area contributed by atoms with Crippen LogP contribution in [0.5, 0.6) is 0 Å². The molecule has 2 rings (SSSR count). The molecule has 6 heteroatoms. The van der Waals surface area contributed by atoms with Crippen molar-refractivity contribution in [3.63, 3.8) is 0 Å². The second-order valence-corrected chi connectivity index (χ2v) is 4.69. The summed E-state index contributed by atoms with van der Waals surface area (Å²) in [7, 11) is 5.23. The Morgan fingerprint density at radius 1 is 1.53 bits per heavy atom. The molecule has 0 bridgehead atoms. The Kier molecular flexibility index (Phi) is 3.15. The molecule has 1 aromatic rings. The van der Waals surface area contributed by atoms with Crippen molar-refractivity contribution < 1.29 is 9.53 Å². The standard InChI is InChI=1S/C11H18N4O2/c1-14-6-4-5-11(8-14,10(16)17-3)9-7-15(2)13-12-9/h7H,4-6,8H2,1-3H3. The van der Waals surface area contributed by atoms with Crippen LogP contribution in [-0.2, 0) is 22.0 Å². The number of piperidine rings is 1. The lowest BCUT2D eigenvalue weighted by atomic mass is 9.77. The van der Waals surface area contributed by atoms with E-state index >= 15 is 0 Å². The second-order valence-electron chi connectivity index (χ2n) is 4.69. The van der Waals surface area contributed by atoms with E-state index in [1.54, 1.807) is 17.9 Å². The first kappa shape index (κ1) is 12.0. The molecule has 0 spiro atoms. The van der Waals surface area contributed by atoms with E-state index in [9.17, 15) is 4.79 Å². The summed E-state index contributed by atoms with van der Waals surface area (Å²) >= 11 is 0. The van der Waals surface area contributed by atoms with Crippen molar-refractivity contribution in [1.82, 2.24) is 19.9 Å². The monoisotopic (exact) mass is 238 g/mol. The SMILES string of the molecule is COC(=O)C1(c2cn(C)nn2)CCCN(C)C1. The molecule has 0 aliphatic carbocycles. The molecule has 0 saturated carbocycles. The van der Waals surface area contributed by atoms with E-state index in [1.165, 1.54) is 7.11 Å². The third kappa shape index (κ3) is 2.04. The van der Waals surface area contributed by atoms with Crippen molar-refractivity contribution in [3.8, 4) is 0 Å². The van der Waals surface area contributed by atoms with Gasteiger partial charge in [-0.15, -0.1) is 5.10 Å². The molecular formula is C11H18N4O2. The van der Waals surface area contributed by atoms with Crippen molar-refractivity contribution in [2.45, 2.75) is 18.3 Å². The first-order valence-corrected chi connectivity index (χ1v) is 5.72. The molecule has 1 fully saturated rings. The number of nitrogens with zero attached hydrogens (tertiary/aromatic N) is 4. The van der Waals surface area contributed by atoms with Gasteiger partial charge in [-0.1, -0.05) is 5.21 Å². The van der Waals surface area contributed by atoms with E-state index < -0.39 is 5.41 Å². The average molecular weight is 238 g/mol. The summed E-state index contributed by atoms with van der Waals surface area (Å²) in [6.07, 6.45) is 3.53. The molecule has 2 heterocycles. The Hall–Kier alpha value is -1.43. The first-order valence-electron chi connectivity index (χ1n) is 5.72. The fourth-order valence-electron chi connectivity index (χ4n) is 2.51. The number of methoxy groups -OCH3 is 1. The van der Waals surface area contributed by atoms with Crippen LogP contribution >= 0.6 is 0 Å². The minimum atomic E-state index is -0.657. The van der Waals surface area contributed by atoms with E-state index in [1.807, 2.05) is 7.05 Å². The summed E-state index contributed by atoms with van der Waals surface area (Å²) in [6, 6.07) is 0. The third-order valence-corrected chi connectivity index (χ3v) is 3.35. The maximum atomic E-state index is 12.1. The predicted octanol–water partition coefficient (Wildman–Crippen LogP) is -0.0485. The van der Waals surface area contributed by atoms with Crippen LogP contribution in [0.25, 0.3) is 0 Å². The average Bonchev–Trinajstić information content (AvgIpc) is 2.75. The zero-order chi connectivity index (χ0) is 12.5. The molecule has 94 valence electrons. The van der Waals surface area contributed by atoms with Gasteiger partial charge < -0.3 is 9.64 Å². The Morgan fingerprint density at radius 2 is 2.29 bits per heavy atom. The summed E-state index contributed by atoms with van der Waals surface area (Å²) in [5, 5.41) is 8.02. The van der Waals surface area contributed by atoms with Crippen LogP contribution in [0.15, 0.2) is 6.20 Å². The second kappa shape index (κ2) is 4.44. The number of hydrogen-bond acceptors (Lipinski definition) is 5. The summed E-state index contributed by atoms with van der Waals surface area (Å²) < 4.78 is 6.58. The van der Waals surface area contributed by atoms with Crippen LogP contribution < -0.4 is 0 Å². The van der Waals surface area contributed by atoms with Gasteiger partial charge in [0.05, 0.1) is 7.11 Å². The van der Waals surface area contributed by atoms with Gasteiger partial charge in [-0.25, -0.2) is 0 Å². The molecule has 1 atom stereocenters. The van der Waals surface area contributed by atoms with Crippen LogP contribution in [0.1, 0.15) is 18.5 Å². The fourth-order valence-corrected chi connectivity index (χ4v) is 2.51. The highest BCUT2D eigenvalue weighted by Gasteiger charge is 2.46. The van der Waals surface area contributed by atoms with Gasteiger partial charge in [0.25, 0.3) is 0 Å². The van der Waals surface area contributed by atoms with Crippen LogP contribution in [0, 0.1) is 0 Å². The smallest absolute Gasteiger partial charge is 0.319 e. The highest BCUT2D eigenvalue weighted by atomic mass is 16.5. The molecule has 1 aliphatic heterocycles. The number of ether oxygens (including phenoxy) is 1. The summed E-state index contributed by atoms with van der Waals surface area (Å²) in [4.78, 5) is 14.3. The molecule has 0 amide bonds. The molecule has 1 aromatic heterocycles. The van der Waals surface area contributed by atoms with E-state index in [-0.39, 0.29) is 5.97 Å². The number of aryl methyl sites for hydroxylation is 1. The van der Waals surface area contributed by atoms with Crippen molar-refractivity contribution >= 4 is 5.97 Å². The highest BCUT2D eigenvalue weighted by Crippen LogP contribution is 2.33. The van der Waals surface area contributed by atoms with E-state index in [2.05, 4.69) is 15.2 Å². The maximum absolute atomic E-state index is 12.1. The van der Waals surface area contributed by atoms with Crippen molar-refractivity contribution in [1.29, 1.82) is 0 Å². The number of carbonyl (C=O) groups excluding carboxylic acids is 1. The van der Waals surface area contributed by atoms with Gasteiger partial charge in [0.1, 0.15) is 11.1 Å². The van der Waals surface area contributed by atoms with Gasteiger partial charge >= 0.3 is 5.97 Å². The number of carbonyl (C=O) groups is 1. The number of likely N-dealkylation sites (tertiary alicyclic amines) is 1. The Labute approximate surface area is 101 Å². The topological polar surface area (TPSA) is 60.3 Å². The van der Waals surface area contributed by atoms with Crippen LogP contribution in [0.3, 0.4) is 0 Å². The third-order valence-electron chi connectivity index (χ3n) is 3.35. The summed E-state index contributed by atoms with van der Waals surface area (Å²) in [5.74, 6) is -0.218. The molecule has 17 heavy (non-hydrogen) atoms. The molecule has 0 radical (unpaired) electrons. The van der Waals surface area contributed by atoms with Crippen LogP contribution in [0.2, 0.25) is 0 Å². The molecular weight excluding hydrogens is 220 g/mol. The lowest BCUT2D eigenvalue weighted by Gasteiger charge is -2.37. The first-order chi connectivity index (χ1) is 8.08. The molecule has 0 aromatic carbocycles. The van der Waals surface area contributed by atoms with Crippen LogP contribution in [-0.4, -0.2) is 53.1 Å². The molecule has 0 N–H and O–H groups in total. The minimum absolute atomic E-state index is 0.218. The van der Waals surface area contributed by atoms with Crippen LogP contribution in [0.4, 0.5) is 0 Å². The van der Waals surface area contributed by atoms with Crippen molar-refractivity contribution in [3.05, 3.63) is 11.9 Å². The number of hydrogen-bond donors (Lipinski definition) is 0. The van der Waals surface area contributed by atoms with Crippen molar-refractivity contribution in [2.75, 3.05) is 27.2 Å². The zero-order valence-electron chi connectivity index (χ0n) is 10.5. The lowest BCUT2D eigenvalue weighted by Crippen LogP contribution is -2.50. The van der Waals surface area contributed by atoms with Gasteiger partial charge in [-0.3, -0.25) is 9.48 Å². The zero-order valence-corrected chi connectivity index (χ0v) is 10.5. The molecule has 1 aliphatic rings. The Morgan fingerprint density at radius 3 is 2.82 bits per heavy atom. The molecule has 6 nitrogen and oxygen atoms in total. The van der Waals surface area contributed by atoms with Gasteiger partial charge in [-0.2, -0.15) is 0 Å². The number of likely N-dealkylation sites (N-methyl/N-ethyl adjacent to an activating group) is 1. The van der Waals surface area contributed by atoms with Gasteiger partial charge in [0.15, 0.2) is 0 Å². The number of esters is 1. The Balaban J connectivity index is 2.39. The fraction of sp³-hybridized carbons (Fsp3) is 0.727. The van der Waals surface area contributed by atoms with E-state index in [4.69, 9.17) is 4.74 Å².